The van der Waals surface area contributed by atoms with Gasteiger partial charge in [0.05, 0.1) is 12.2 Å². The van der Waals surface area contributed by atoms with Crippen LogP contribution in [0.3, 0.4) is 0 Å². The van der Waals surface area contributed by atoms with Crippen LogP contribution in [0.4, 0.5) is 0 Å². The first-order chi connectivity index (χ1) is 9.68. The molecule has 0 radical (unpaired) electrons. The van der Waals surface area contributed by atoms with E-state index >= 15 is 0 Å². The van der Waals surface area contributed by atoms with Crippen molar-refractivity contribution >= 4 is 28.9 Å². The molecule has 0 spiro atoms. The molecule has 0 aromatic carbocycles. The molecule has 0 aromatic heterocycles. The van der Waals surface area contributed by atoms with E-state index in [9.17, 15) is 0 Å². The van der Waals surface area contributed by atoms with Gasteiger partial charge in [-0.3, -0.25) is 9.05 Å². The number of aliphatic hydroxyl groups is 1. The molecule has 0 heterocycles. The summed E-state index contributed by atoms with van der Waals surface area (Å²) in [5.41, 5.74) is -2.22. The third-order valence-electron chi connectivity index (χ3n) is 2.79. The zero-order valence-corrected chi connectivity index (χ0v) is 17.0. The molecule has 0 saturated heterocycles. The van der Waals surface area contributed by atoms with Crippen LogP contribution in [0.25, 0.3) is 0 Å². The van der Waals surface area contributed by atoms with Gasteiger partial charge in [-0.25, -0.2) is 0 Å². The van der Waals surface area contributed by atoms with Crippen molar-refractivity contribution in [2.75, 3.05) is 12.4 Å². The van der Waals surface area contributed by atoms with E-state index in [2.05, 4.69) is 41.5 Å². The van der Waals surface area contributed by atoms with Crippen molar-refractivity contribution in [2.24, 2.45) is 11.8 Å². The Bertz CT molecular complexity index is 300. The molecular weight excluding hydrogens is 323 g/mol. The van der Waals surface area contributed by atoms with Crippen LogP contribution in [0, 0.1) is 11.8 Å². The maximum absolute atomic E-state index is 8.96. The highest BCUT2D eigenvalue weighted by Gasteiger charge is 2.33. The second kappa shape index (κ2) is 11.4. The zero-order chi connectivity index (χ0) is 16.5. The molecule has 1 N–H and O–H groups in total. The van der Waals surface area contributed by atoms with Gasteiger partial charge >= 0.3 is 5.69 Å². The van der Waals surface area contributed by atoms with Gasteiger partial charge in [0, 0.05) is 13.0 Å². The van der Waals surface area contributed by atoms with Crippen molar-refractivity contribution < 1.29 is 14.2 Å². The van der Waals surface area contributed by atoms with Crippen LogP contribution in [0.1, 0.15) is 60.8 Å². The van der Waals surface area contributed by atoms with E-state index < -0.39 is 5.69 Å². The fourth-order valence-electron chi connectivity index (χ4n) is 2.20. The SMILES string of the molecule is CC(C)CC(C)OP(S)(OC(C)CC(C)C)=[S+]CCCO. The van der Waals surface area contributed by atoms with Crippen LogP contribution in [0.2, 0.25) is 0 Å². The predicted octanol–water partition coefficient (Wildman–Crippen LogP) is 4.96. The van der Waals surface area contributed by atoms with E-state index in [1.54, 1.807) is 10.9 Å². The molecule has 0 aliphatic heterocycles. The summed E-state index contributed by atoms with van der Waals surface area (Å²) in [6, 6.07) is 0. The number of rotatable bonds is 11. The summed E-state index contributed by atoms with van der Waals surface area (Å²) < 4.78 is 12.4. The predicted molar refractivity (Wildman–Crippen MR) is 99.8 cm³/mol. The average Bonchev–Trinajstić information content (AvgIpc) is 2.25. The Morgan fingerprint density at radius 1 is 0.952 bits per heavy atom. The van der Waals surface area contributed by atoms with Crippen LogP contribution in [0.5, 0.6) is 0 Å². The summed E-state index contributed by atoms with van der Waals surface area (Å²) >= 11 is 4.76. The Kier molecular flexibility index (Phi) is 11.9. The summed E-state index contributed by atoms with van der Waals surface area (Å²) in [7, 11) is 1.63. The maximum Gasteiger partial charge on any atom is 0.432 e. The quantitative estimate of drug-likeness (QED) is 0.237. The Labute approximate surface area is 140 Å². The first-order valence-corrected chi connectivity index (χ1v) is 12.3. The molecule has 128 valence electrons. The first kappa shape index (κ1) is 21.9. The Morgan fingerprint density at radius 3 is 1.71 bits per heavy atom. The van der Waals surface area contributed by atoms with Crippen LogP contribution >= 0.6 is 17.9 Å². The molecule has 2 unspecified atom stereocenters. The molecule has 0 aromatic rings. The second-order valence-electron chi connectivity index (χ2n) is 6.47. The van der Waals surface area contributed by atoms with Crippen LogP contribution in [-0.4, -0.2) is 29.7 Å². The fourth-order valence-corrected chi connectivity index (χ4v) is 7.97. The van der Waals surface area contributed by atoms with Crippen molar-refractivity contribution in [1.29, 1.82) is 0 Å². The Hall–Kier alpha value is 0.880. The minimum atomic E-state index is -2.22. The highest BCUT2D eigenvalue weighted by Crippen LogP contribution is 2.58. The molecule has 0 saturated carbocycles. The van der Waals surface area contributed by atoms with E-state index in [0.717, 1.165) is 25.0 Å². The van der Waals surface area contributed by atoms with Gasteiger partial charge < -0.3 is 5.11 Å². The third kappa shape index (κ3) is 12.0. The van der Waals surface area contributed by atoms with E-state index in [0.29, 0.717) is 11.8 Å². The van der Waals surface area contributed by atoms with Crippen molar-refractivity contribution in [1.82, 2.24) is 0 Å². The lowest BCUT2D eigenvalue weighted by Crippen LogP contribution is -2.14. The lowest BCUT2D eigenvalue weighted by atomic mass is 10.1. The molecule has 0 aliphatic carbocycles. The minimum Gasteiger partial charge on any atom is -0.396 e. The number of aliphatic hydroxyl groups excluding tert-OH is 1. The lowest BCUT2D eigenvalue weighted by molar-refractivity contribution is 0.144. The molecule has 0 fully saturated rings. The lowest BCUT2D eigenvalue weighted by Gasteiger charge is -2.22. The molecule has 3 nitrogen and oxygen atoms in total. The summed E-state index contributed by atoms with van der Waals surface area (Å²) in [6.07, 6.45) is 3.04. The van der Waals surface area contributed by atoms with Gasteiger partial charge in [-0.15, -0.1) is 0 Å². The van der Waals surface area contributed by atoms with Gasteiger partial charge in [-0.1, -0.05) is 27.7 Å². The van der Waals surface area contributed by atoms with Crippen molar-refractivity contribution in [2.45, 2.75) is 73.0 Å². The molecule has 0 amide bonds. The van der Waals surface area contributed by atoms with Crippen molar-refractivity contribution in [3.63, 3.8) is 0 Å². The monoisotopic (exact) mass is 357 g/mol. The molecule has 6 heteroatoms. The van der Waals surface area contributed by atoms with Gasteiger partial charge in [0.25, 0.3) is 0 Å². The van der Waals surface area contributed by atoms with Crippen LogP contribution in [-0.2, 0) is 20.0 Å². The second-order valence-corrected chi connectivity index (χ2v) is 13.1. The van der Waals surface area contributed by atoms with E-state index in [-0.39, 0.29) is 18.8 Å². The van der Waals surface area contributed by atoms with Crippen molar-refractivity contribution in [3.05, 3.63) is 0 Å². The van der Waals surface area contributed by atoms with Gasteiger partial charge in [0.1, 0.15) is 0 Å². The van der Waals surface area contributed by atoms with Crippen LogP contribution < -0.4 is 0 Å². The molecule has 0 rings (SSSR count). The van der Waals surface area contributed by atoms with Gasteiger partial charge in [0.15, 0.2) is 5.75 Å². The smallest absolute Gasteiger partial charge is 0.396 e. The Balaban J connectivity index is 4.79. The maximum atomic E-state index is 8.96. The number of hydrogen-bond donors (Lipinski definition) is 2. The molecule has 0 aliphatic rings. The molecule has 2 atom stereocenters. The minimum absolute atomic E-state index is 0.142. The summed E-state index contributed by atoms with van der Waals surface area (Å²) in [5, 5.41) is 8.96. The van der Waals surface area contributed by atoms with E-state index in [4.69, 9.17) is 26.4 Å². The largest absolute Gasteiger partial charge is 0.432 e. The normalized spacial score (nSPS) is 17.8. The standard InChI is InChI=1S/C15H34O3PS2/c1-12(2)10-14(5)17-19(20,21-9-7-8-16)18-15(6)11-13(3)4/h12-16,20H,7-11H2,1-6H3/q+1. The van der Waals surface area contributed by atoms with Gasteiger partial charge in [-0.05, 0) is 50.8 Å². The highest BCUT2D eigenvalue weighted by atomic mass is 32.9. The summed E-state index contributed by atoms with van der Waals surface area (Å²) in [6.45, 7) is 13.2. The topological polar surface area (TPSA) is 38.7 Å². The zero-order valence-electron chi connectivity index (χ0n) is 14.4. The third-order valence-corrected chi connectivity index (χ3v) is 8.49. The molecular formula is C15H34O3PS2+. The number of thiol groups is 1. The number of hydrogen-bond acceptors (Lipinski definition) is 3. The highest BCUT2D eigenvalue weighted by molar-refractivity contribution is 8.62. The van der Waals surface area contributed by atoms with E-state index in [1.165, 1.54) is 0 Å². The average molecular weight is 358 g/mol. The first-order valence-electron chi connectivity index (χ1n) is 7.92. The van der Waals surface area contributed by atoms with Crippen LogP contribution in [0.15, 0.2) is 0 Å². The van der Waals surface area contributed by atoms with Crippen molar-refractivity contribution in [3.8, 4) is 0 Å². The summed E-state index contributed by atoms with van der Waals surface area (Å²) in [5.74, 6) is 2.01. The van der Waals surface area contributed by atoms with Gasteiger partial charge in [-0.2, -0.15) is 0 Å². The van der Waals surface area contributed by atoms with Gasteiger partial charge in [0.2, 0.25) is 10.9 Å². The molecule has 21 heavy (non-hydrogen) atoms. The van der Waals surface area contributed by atoms with E-state index in [1.807, 2.05) is 0 Å². The molecule has 0 bridgehead atoms. The Morgan fingerprint density at radius 2 is 1.38 bits per heavy atom. The summed E-state index contributed by atoms with van der Waals surface area (Å²) in [4.78, 5) is 0. The fraction of sp³-hybridized carbons (Fsp3) is 1.00.